The van der Waals surface area contributed by atoms with Crippen molar-refractivity contribution in [3.8, 4) is 11.5 Å². The van der Waals surface area contributed by atoms with Gasteiger partial charge in [-0.25, -0.2) is 0 Å². The van der Waals surface area contributed by atoms with Crippen LogP contribution in [0.2, 0.25) is 0 Å². The number of benzene rings is 2. The molecule has 0 aliphatic carbocycles. The molecule has 0 aliphatic rings. The van der Waals surface area contributed by atoms with E-state index in [0.717, 1.165) is 25.9 Å². The molecule has 0 atom stereocenters. The number of hydrogen-bond acceptors (Lipinski definition) is 8. The second-order valence-electron chi connectivity index (χ2n) is 8.12. The lowest BCUT2D eigenvalue weighted by atomic mass is 10.1. The summed E-state index contributed by atoms with van der Waals surface area (Å²) in [5.41, 5.74) is 2.47. The van der Waals surface area contributed by atoms with Crippen LogP contribution in [0.15, 0.2) is 48.5 Å². The zero-order chi connectivity index (χ0) is 24.1. The quantitative estimate of drug-likeness (QED) is 0.214. The molecule has 0 saturated heterocycles. The maximum atomic E-state index is 6.10. The van der Waals surface area contributed by atoms with Gasteiger partial charge in [-0.2, -0.15) is 0 Å². The second kappa shape index (κ2) is 15.1. The monoisotopic (exact) mass is 528 g/mol. The van der Waals surface area contributed by atoms with Gasteiger partial charge in [-0.15, -0.1) is 0 Å². The molecule has 2 rings (SSSR count). The Labute approximate surface area is 210 Å². The molecule has 182 valence electrons. The number of hydrogen-bond donors (Lipinski definition) is 0. The molecule has 0 bridgehead atoms. The van der Waals surface area contributed by atoms with E-state index in [1.54, 1.807) is 0 Å². The van der Waals surface area contributed by atoms with Crippen molar-refractivity contribution >= 4 is 37.9 Å². The Morgan fingerprint density at radius 3 is 1.61 bits per heavy atom. The van der Waals surface area contributed by atoms with E-state index in [-0.39, 0.29) is 0 Å². The summed E-state index contributed by atoms with van der Waals surface area (Å²) < 4.78 is 23.3. The summed E-state index contributed by atoms with van der Waals surface area (Å²) in [7, 11) is 8.75. The van der Waals surface area contributed by atoms with Crippen LogP contribution >= 0.6 is 14.3 Å². The minimum absolute atomic E-state index is 0.365. The molecule has 0 spiro atoms. The first-order chi connectivity index (χ1) is 15.8. The van der Waals surface area contributed by atoms with E-state index < -0.39 is 6.72 Å². The van der Waals surface area contributed by atoms with Crippen molar-refractivity contribution in [2.45, 2.75) is 19.3 Å². The van der Waals surface area contributed by atoms with E-state index in [1.165, 1.54) is 11.1 Å². The first-order valence-electron chi connectivity index (χ1n) is 10.9. The molecule has 0 N–H and O–H groups in total. The summed E-state index contributed by atoms with van der Waals surface area (Å²) in [6.07, 6.45) is 2.59. The maximum Gasteiger partial charge on any atom is 0.434 e. The fourth-order valence-electron chi connectivity index (χ4n) is 2.81. The SMILES string of the molecule is CN(C)CCc1ccc(OP(=S)(OCCCOP=S)Oc2ccc(CCN(C)C)cc2)cc1. The molecule has 33 heavy (non-hydrogen) atoms. The molecule has 10 heteroatoms. The summed E-state index contributed by atoms with van der Waals surface area (Å²) >= 11 is 10.5. The van der Waals surface area contributed by atoms with Crippen LogP contribution < -0.4 is 9.05 Å². The van der Waals surface area contributed by atoms with E-state index in [9.17, 15) is 0 Å². The average molecular weight is 529 g/mol. The lowest BCUT2D eigenvalue weighted by molar-refractivity contribution is 0.235. The first kappa shape index (κ1) is 28.3. The Kier molecular flexibility index (Phi) is 13.0. The van der Waals surface area contributed by atoms with Crippen molar-refractivity contribution in [3.63, 3.8) is 0 Å². The first-order valence-corrected chi connectivity index (χ1v) is 15.2. The highest BCUT2D eigenvalue weighted by molar-refractivity contribution is 8.07. The van der Waals surface area contributed by atoms with Gasteiger partial charge in [-0.1, -0.05) is 24.3 Å². The van der Waals surface area contributed by atoms with Gasteiger partial charge in [0, 0.05) is 24.9 Å². The largest absolute Gasteiger partial charge is 0.434 e. The fraction of sp³-hybridized carbons (Fsp3) is 0.478. The Morgan fingerprint density at radius 2 is 1.21 bits per heavy atom. The third kappa shape index (κ3) is 11.8. The summed E-state index contributed by atoms with van der Waals surface area (Å²) in [5.74, 6) is 1.27. The predicted octanol–water partition coefficient (Wildman–Crippen LogP) is 5.32. The molecule has 0 heterocycles. The Balaban J connectivity index is 2.06. The van der Waals surface area contributed by atoms with E-state index in [4.69, 9.17) is 41.7 Å². The Hall–Kier alpha value is -0.950. The van der Waals surface area contributed by atoms with E-state index in [0.29, 0.717) is 38.7 Å². The lowest BCUT2D eigenvalue weighted by Gasteiger charge is -2.23. The molecule has 0 unspecified atom stereocenters. The van der Waals surface area contributed by atoms with Crippen LogP contribution in [-0.2, 0) is 45.5 Å². The molecular formula is C23H34N2O4P2S2. The van der Waals surface area contributed by atoms with Crippen LogP contribution in [-0.4, -0.2) is 64.3 Å². The standard InChI is InChI=1S/C23H34N2O4P2S2/c1-24(2)16-14-20-6-10-22(11-7-20)28-31(33,27-19-5-18-26-30-32)29-23-12-8-21(9-13-23)15-17-25(3)4/h6-13H,5,14-19H2,1-4H3. The van der Waals surface area contributed by atoms with Gasteiger partial charge >= 0.3 is 6.72 Å². The van der Waals surface area contributed by atoms with Gasteiger partial charge in [0.25, 0.3) is 0 Å². The van der Waals surface area contributed by atoms with Crippen LogP contribution in [0.1, 0.15) is 17.5 Å². The van der Waals surface area contributed by atoms with Crippen LogP contribution in [0, 0.1) is 0 Å². The number of likely N-dealkylation sites (N-methyl/N-ethyl adjacent to an activating group) is 2. The van der Waals surface area contributed by atoms with Crippen molar-refractivity contribution in [3.05, 3.63) is 59.7 Å². The predicted molar refractivity (Wildman–Crippen MR) is 144 cm³/mol. The molecule has 2 aromatic rings. The van der Waals surface area contributed by atoms with Crippen LogP contribution in [0.3, 0.4) is 0 Å². The molecule has 2 aromatic carbocycles. The summed E-state index contributed by atoms with van der Waals surface area (Å²) in [6, 6.07) is 15.9. The normalized spacial score (nSPS) is 11.9. The molecule has 0 radical (unpaired) electrons. The van der Waals surface area contributed by atoms with Crippen molar-refractivity contribution in [2.24, 2.45) is 0 Å². The van der Waals surface area contributed by atoms with E-state index >= 15 is 0 Å². The van der Waals surface area contributed by atoms with Gasteiger partial charge in [-0.3, -0.25) is 4.52 Å². The van der Waals surface area contributed by atoms with Crippen molar-refractivity contribution in [1.29, 1.82) is 0 Å². The molecule has 6 nitrogen and oxygen atoms in total. The summed E-state index contributed by atoms with van der Waals surface area (Å²) in [4.78, 5) is 4.32. The second-order valence-corrected chi connectivity index (χ2v) is 11.8. The van der Waals surface area contributed by atoms with Crippen LogP contribution in [0.4, 0.5) is 0 Å². The summed E-state index contributed by atoms with van der Waals surface area (Å²) in [5, 5.41) is 0. The molecule has 0 aliphatic heterocycles. The van der Waals surface area contributed by atoms with Crippen molar-refractivity contribution in [1.82, 2.24) is 9.80 Å². The minimum Gasteiger partial charge on any atom is -0.416 e. The molecule has 0 fully saturated rings. The van der Waals surface area contributed by atoms with Gasteiger partial charge in [0.1, 0.15) is 19.1 Å². The summed E-state index contributed by atoms with van der Waals surface area (Å²) in [6.45, 7) is -0.231. The topological polar surface area (TPSA) is 43.4 Å². The third-order valence-electron chi connectivity index (χ3n) is 4.66. The smallest absolute Gasteiger partial charge is 0.416 e. The highest BCUT2D eigenvalue weighted by atomic mass is 32.5. The maximum absolute atomic E-state index is 6.10. The lowest BCUT2D eigenvalue weighted by Crippen LogP contribution is -2.15. The molecule has 0 saturated carbocycles. The zero-order valence-electron chi connectivity index (χ0n) is 19.8. The Morgan fingerprint density at radius 1 is 0.758 bits per heavy atom. The average Bonchev–Trinajstić information content (AvgIpc) is 2.78. The number of rotatable bonds is 16. The Bertz CT molecular complexity index is 820. The zero-order valence-corrected chi connectivity index (χ0v) is 23.2. The van der Waals surface area contributed by atoms with Gasteiger partial charge in [0.2, 0.25) is 0 Å². The highest BCUT2D eigenvalue weighted by Crippen LogP contribution is 2.50. The number of nitrogens with zero attached hydrogens (tertiary/aromatic N) is 2. The highest BCUT2D eigenvalue weighted by Gasteiger charge is 2.24. The van der Waals surface area contributed by atoms with Crippen molar-refractivity contribution in [2.75, 3.05) is 54.5 Å². The minimum atomic E-state index is -3.07. The third-order valence-corrected chi connectivity index (χ3v) is 7.39. The van der Waals surface area contributed by atoms with Gasteiger partial charge in [0.05, 0.1) is 13.2 Å². The molecular weight excluding hydrogens is 494 g/mol. The van der Waals surface area contributed by atoms with Gasteiger partial charge in [0.15, 0.2) is 0 Å². The van der Waals surface area contributed by atoms with Crippen molar-refractivity contribution < 1.29 is 18.1 Å². The van der Waals surface area contributed by atoms with Crippen LogP contribution in [0.25, 0.3) is 0 Å². The van der Waals surface area contributed by atoms with Gasteiger partial charge in [-0.05, 0) is 94.7 Å². The molecule has 0 amide bonds. The fourth-order valence-corrected chi connectivity index (χ4v) is 5.23. The van der Waals surface area contributed by atoms with E-state index in [1.807, 2.05) is 24.3 Å². The molecule has 0 aromatic heterocycles. The van der Waals surface area contributed by atoms with Crippen LogP contribution in [0.5, 0.6) is 11.5 Å². The van der Waals surface area contributed by atoms with Gasteiger partial charge < -0.3 is 23.4 Å². The van der Waals surface area contributed by atoms with E-state index in [2.05, 4.69) is 62.3 Å².